The Bertz CT molecular complexity index is 166. The fourth-order valence-corrected chi connectivity index (χ4v) is 0.304. The van der Waals surface area contributed by atoms with Crippen LogP contribution in [-0.2, 0) is 4.79 Å². The van der Waals surface area contributed by atoms with Crippen LogP contribution >= 0.6 is 0 Å². The number of nitriles is 1. The number of carbonyl (C=O) groups excluding carboxylic acids is 1. The van der Waals surface area contributed by atoms with E-state index in [-0.39, 0.29) is 5.91 Å². The molecule has 0 atom stereocenters. The summed E-state index contributed by atoms with van der Waals surface area (Å²) in [7, 11) is 1.42. The van der Waals surface area contributed by atoms with E-state index >= 15 is 0 Å². The molecule has 0 fully saturated rings. The van der Waals surface area contributed by atoms with Crippen molar-refractivity contribution in [1.82, 2.24) is 4.90 Å². The van der Waals surface area contributed by atoms with Crippen LogP contribution in [0.3, 0.4) is 0 Å². The van der Waals surface area contributed by atoms with Crippen LogP contribution in [0.4, 0.5) is 0 Å². The van der Waals surface area contributed by atoms with Gasteiger partial charge in [0.25, 0.3) is 5.91 Å². The summed E-state index contributed by atoms with van der Waals surface area (Å²) in [6.07, 6.45) is 4.61. The molecule has 0 aromatic carbocycles. The summed E-state index contributed by atoms with van der Waals surface area (Å²) in [5, 5.41) is 8.15. The van der Waals surface area contributed by atoms with Gasteiger partial charge < -0.3 is 0 Å². The van der Waals surface area contributed by atoms with Gasteiger partial charge in [-0.05, 0) is 13.0 Å². The largest absolute Gasteiger partial charge is 0.269 e. The van der Waals surface area contributed by atoms with E-state index in [9.17, 15) is 4.79 Å². The lowest BCUT2D eigenvalue weighted by molar-refractivity contribution is -0.122. The molecule has 0 aromatic heterocycles. The maximum Gasteiger partial charge on any atom is 0.258 e. The molecule has 0 aliphatic rings. The maximum absolute atomic E-state index is 10.6. The molecule has 0 spiro atoms. The van der Waals surface area contributed by atoms with Gasteiger partial charge in [-0.25, -0.2) is 4.90 Å². The lowest BCUT2D eigenvalue weighted by Gasteiger charge is -1.99. The fourth-order valence-electron chi connectivity index (χ4n) is 0.304. The third kappa shape index (κ3) is 2.50. The normalized spacial score (nSPS) is 9.00. The zero-order valence-corrected chi connectivity index (χ0v) is 5.46. The second-order valence-electron chi connectivity index (χ2n) is 1.50. The standard InChI is InChI=1S/C6H8N2O/c1-3-4-6(9)8(2)5-7/h3-4H,1-2H3. The molecule has 0 rings (SSSR count). The minimum atomic E-state index is -0.292. The van der Waals surface area contributed by atoms with Crippen LogP contribution < -0.4 is 0 Å². The maximum atomic E-state index is 10.6. The van der Waals surface area contributed by atoms with Crippen molar-refractivity contribution in [2.75, 3.05) is 7.05 Å². The molecule has 0 saturated heterocycles. The van der Waals surface area contributed by atoms with Gasteiger partial charge in [0.2, 0.25) is 0 Å². The first-order chi connectivity index (χ1) is 4.22. The van der Waals surface area contributed by atoms with E-state index in [0.29, 0.717) is 0 Å². The van der Waals surface area contributed by atoms with Gasteiger partial charge in [-0.2, -0.15) is 5.26 Å². The highest BCUT2D eigenvalue weighted by Crippen LogP contribution is 1.81. The number of likely N-dealkylation sites (N-methyl/N-ethyl adjacent to an activating group) is 1. The number of amides is 1. The van der Waals surface area contributed by atoms with Crippen molar-refractivity contribution in [3.63, 3.8) is 0 Å². The van der Waals surface area contributed by atoms with Crippen molar-refractivity contribution in [3.05, 3.63) is 12.2 Å². The predicted octanol–water partition coefficient (Wildman–Crippen LogP) is 0.502. The van der Waals surface area contributed by atoms with Gasteiger partial charge in [-0.3, -0.25) is 4.79 Å². The topological polar surface area (TPSA) is 44.1 Å². The fraction of sp³-hybridized carbons (Fsp3) is 0.333. The molecule has 0 heterocycles. The summed E-state index contributed by atoms with van der Waals surface area (Å²) >= 11 is 0. The highest BCUT2D eigenvalue weighted by atomic mass is 16.2. The third-order valence-electron chi connectivity index (χ3n) is 0.790. The van der Waals surface area contributed by atoms with E-state index in [1.807, 2.05) is 0 Å². The van der Waals surface area contributed by atoms with Crippen molar-refractivity contribution in [1.29, 1.82) is 5.26 Å². The van der Waals surface area contributed by atoms with Crippen LogP contribution in [-0.4, -0.2) is 17.9 Å². The molecule has 3 nitrogen and oxygen atoms in total. The van der Waals surface area contributed by atoms with Gasteiger partial charge >= 0.3 is 0 Å². The molecule has 0 N–H and O–H groups in total. The molecule has 0 bridgehead atoms. The molecule has 0 aromatic rings. The van der Waals surface area contributed by atoms with Crippen LogP contribution in [0.2, 0.25) is 0 Å². The highest BCUT2D eigenvalue weighted by Gasteiger charge is 1.99. The SMILES string of the molecule is CC=CC(=O)N(C)C#N. The van der Waals surface area contributed by atoms with Crippen LogP contribution in [0.5, 0.6) is 0 Å². The number of nitrogens with zero attached hydrogens (tertiary/aromatic N) is 2. The first-order valence-corrected chi connectivity index (χ1v) is 2.52. The average Bonchev–Trinajstić information content (AvgIpc) is 1.87. The van der Waals surface area contributed by atoms with E-state index in [1.165, 1.54) is 13.1 Å². The molecular formula is C6H8N2O. The van der Waals surface area contributed by atoms with Crippen molar-refractivity contribution in [2.24, 2.45) is 0 Å². The van der Waals surface area contributed by atoms with Gasteiger partial charge in [-0.15, -0.1) is 0 Å². The Labute approximate surface area is 54.2 Å². The smallest absolute Gasteiger partial charge is 0.258 e. The van der Waals surface area contributed by atoms with Crippen LogP contribution in [0.15, 0.2) is 12.2 Å². The summed E-state index contributed by atoms with van der Waals surface area (Å²) in [5.41, 5.74) is 0. The lowest BCUT2D eigenvalue weighted by Crippen LogP contribution is -2.18. The Hall–Kier alpha value is -1.30. The van der Waals surface area contributed by atoms with E-state index < -0.39 is 0 Å². The molecule has 0 radical (unpaired) electrons. The van der Waals surface area contributed by atoms with Crippen molar-refractivity contribution < 1.29 is 4.79 Å². The Morgan fingerprint density at radius 3 is 2.67 bits per heavy atom. The predicted molar refractivity (Wildman–Crippen MR) is 33.2 cm³/mol. The minimum absolute atomic E-state index is 0.292. The monoisotopic (exact) mass is 124 g/mol. The van der Waals surface area contributed by atoms with Gasteiger partial charge in [0.05, 0.1) is 0 Å². The summed E-state index contributed by atoms with van der Waals surface area (Å²) in [6.45, 7) is 1.73. The van der Waals surface area contributed by atoms with Gasteiger partial charge in [0, 0.05) is 7.05 Å². The summed E-state index contributed by atoms with van der Waals surface area (Å²) in [5.74, 6) is -0.292. The Balaban J connectivity index is 3.92. The number of hydrogen-bond acceptors (Lipinski definition) is 2. The van der Waals surface area contributed by atoms with Gasteiger partial charge in [0.15, 0.2) is 6.19 Å². The van der Waals surface area contributed by atoms with E-state index in [0.717, 1.165) is 4.90 Å². The molecular weight excluding hydrogens is 116 g/mol. The summed E-state index contributed by atoms with van der Waals surface area (Å²) in [4.78, 5) is 11.5. The summed E-state index contributed by atoms with van der Waals surface area (Å²) in [6, 6.07) is 0. The number of allylic oxidation sites excluding steroid dienone is 1. The molecule has 0 saturated carbocycles. The third-order valence-corrected chi connectivity index (χ3v) is 0.790. The second kappa shape index (κ2) is 3.67. The van der Waals surface area contributed by atoms with Crippen molar-refractivity contribution in [2.45, 2.75) is 6.92 Å². The lowest BCUT2D eigenvalue weighted by atomic mass is 10.5. The van der Waals surface area contributed by atoms with Crippen molar-refractivity contribution >= 4 is 5.91 Å². The molecule has 1 amide bonds. The average molecular weight is 124 g/mol. The van der Waals surface area contributed by atoms with Gasteiger partial charge in [-0.1, -0.05) is 6.08 Å². The quantitative estimate of drug-likeness (QED) is 0.290. The Morgan fingerprint density at radius 2 is 2.33 bits per heavy atom. The minimum Gasteiger partial charge on any atom is -0.269 e. The van der Waals surface area contributed by atoms with Gasteiger partial charge in [0.1, 0.15) is 0 Å². The number of hydrogen-bond donors (Lipinski definition) is 0. The number of carbonyl (C=O) groups is 1. The second-order valence-corrected chi connectivity index (χ2v) is 1.50. The highest BCUT2D eigenvalue weighted by molar-refractivity contribution is 5.88. The molecule has 0 unspecified atom stereocenters. The van der Waals surface area contributed by atoms with Crippen molar-refractivity contribution in [3.8, 4) is 6.19 Å². The van der Waals surface area contributed by atoms with E-state index in [1.54, 1.807) is 19.2 Å². The van der Waals surface area contributed by atoms with Crippen LogP contribution in [0, 0.1) is 11.5 Å². The first kappa shape index (κ1) is 7.70. The van der Waals surface area contributed by atoms with Crippen LogP contribution in [0.1, 0.15) is 6.92 Å². The number of rotatable bonds is 1. The molecule has 0 aliphatic heterocycles. The van der Waals surface area contributed by atoms with E-state index in [4.69, 9.17) is 5.26 Å². The zero-order chi connectivity index (χ0) is 7.28. The van der Waals surface area contributed by atoms with E-state index in [2.05, 4.69) is 0 Å². The first-order valence-electron chi connectivity index (χ1n) is 2.52. The summed E-state index contributed by atoms with van der Waals surface area (Å²) < 4.78 is 0. The zero-order valence-electron chi connectivity index (χ0n) is 5.46. The Kier molecular flexibility index (Phi) is 3.14. The molecule has 3 heteroatoms. The van der Waals surface area contributed by atoms with Crippen LogP contribution in [0.25, 0.3) is 0 Å². The molecule has 48 valence electrons. The molecule has 9 heavy (non-hydrogen) atoms. The molecule has 0 aliphatic carbocycles. The Morgan fingerprint density at radius 1 is 1.78 bits per heavy atom.